The van der Waals surface area contributed by atoms with Crippen LogP contribution in [0.1, 0.15) is 19.3 Å². The van der Waals surface area contributed by atoms with Crippen LogP contribution in [0.15, 0.2) is 12.4 Å². The summed E-state index contributed by atoms with van der Waals surface area (Å²) in [6.45, 7) is 2.68. The number of methoxy groups -OCH3 is 1. The summed E-state index contributed by atoms with van der Waals surface area (Å²) in [5, 5.41) is 17.4. The van der Waals surface area contributed by atoms with Gasteiger partial charge in [0.15, 0.2) is 0 Å². The van der Waals surface area contributed by atoms with Crippen molar-refractivity contribution in [3.8, 4) is 5.88 Å². The van der Waals surface area contributed by atoms with Crippen LogP contribution in [0.3, 0.4) is 0 Å². The van der Waals surface area contributed by atoms with E-state index in [1.807, 2.05) is 6.07 Å². The lowest BCUT2D eigenvalue weighted by Crippen LogP contribution is -2.46. The number of aromatic nitrogens is 2. The van der Waals surface area contributed by atoms with Gasteiger partial charge in [0.1, 0.15) is 12.1 Å². The molecule has 3 fully saturated rings. The average Bonchev–Trinajstić information content (AvgIpc) is 3.48. The molecule has 3 atom stereocenters. The number of alkyl halides is 6. The third-order valence-corrected chi connectivity index (χ3v) is 6.16. The van der Waals surface area contributed by atoms with E-state index >= 15 is 0 Å². The third-order valence-electron chi connectivity index (χ3n) is 6.16. The number of carbonyl (C=O) groups is 3. The number of rotatable bonds is 5. The molecule has 3 heterocycles. The number of likely N-dealkylation sites (N-methyl/N-ethyl adjacent to an activating group) is 1. The second-order valence-electron chi connectivity index (χ2n) is 8.86. The minimum absolute atomic E-state index is 0.0147. The van der Waals surface area contributed by atoms with Crippen molar-refractivity contribution in [2.24, 2.45) is 11.8 Å². The summed E-state index contributed by atoms with van der Waals surface area (Å²) < 4.78 is 68.7. The molecular weight excluding hydrogens is 532 g/mol. The second kappa shape index (κ2) is 12.4. The molecule has 0 spiro atoms. The molecular formula is C21H27F6N5O6. The highest BCUT2D eigenvalue weighted by molar-refractivity contribution is 5.82. The van der Waals surface area contributed by atoms with E-state index in [1.165, 1.54) is 12.8 Å². The van der Waals surface area contributed by atoms with Crippen LogP contribution in [0.2, 0.25) is 0 Å². The number of hydrogen-bond acceptors (Lipinski definition) is 8. The van der Waals surface area contributed by atoms with Crippen LogP contribution in [-0.2, 0) is 14.4 Å². The number of anilines is 1. The van der Waals surface area contributed by atoms with Crippen molar-refractivity contribution in [3.63, 3.8) is 0 Å². The zero-order chi connectivity index (χ0) is 28.8. The monoisotopic (exact) mass is 559 g/mol. The minimum atomic E-state index is -5.08. The lowest BCUT2D eigenvalue weighted by atomic mass is 10.0. The lowest BCUT2D eigenvalue weighted by molar-refractivity contribution is -0.193. The number of fused-ring (bicyclic) bond motifs is 1. The summed E-state index contributed by atoms with van der Waals surface area (Å²) >= 11 is 0. The van der Waals surface area contributed by atoms with Crippen molar-refractivity contribution in [3.05, 3.63) is 12.4 Å². The van der Waals surface area contributed by atoms with Gasteiger partial charge < -0.3 is 25.2 Å². The Balaban J connectivity index is 0.000000301. The first-order valence-electron chi connectivity index (χ1n) is 11.2. The van der Waals surface area contributed by atoms with Crippen molar-refractivity contribution in [1.29, 1.82) is 0 Å². The first-order valence-corrected chi connectivity index (χ1v) is 11.2. The number of amides is 1. The van der Waals surface area contributed by atoms with Crippen molar-refractivity contribution >= 4 is 23.7 Å². The molecule has 3 N–H and O–H groups in total. The summed E-state index contributed by atoms with van der Waals surface area (Å²) in [6.07, 6.45) is -5.16. The maximum absolute atomic E-state index is 12.5. The van der Waals surface area contributed by atoms with Gasteiger partial charge in [-0.15, -0.1) is 0 Å². The zero-order valence-electron chi connectivity index (χ0n) is 20.3. The highest BCUT2D eigenvalue weighted by atomic mass is 19.4. The lowest BCUT2D eigenvalue weighted by Gasteiger charge is -2.26. The molecule has 1 amide bonds. The van der Waals surface area contributed by atoms with E-state index in [1.54, 1.807) is 13.4 Å². The van der Waals surface area contributed by atoms with E-state index in [0.717, 1.165) is 37.8 Å². The SMILES string of the molecule is COc1cc(N2C[C@H]3CC(C(=O)NCC4CC4)N(C)[C@H]3C2)ncn1.O=C(O)C(F)(F)F.O=C(O)C(F)(F)F. The molecule has 214 valence electrons. The number of carboxylic acid groups (broad SMARTS) is 2. The summed E-state index contributed by atoms with van der Waals surface area (Å²) in [5.74, 6) is -2.59. The fourth-order valence-electron chi connectivity index (χ4n) is 4.01. The zero-order valence-corrected chi connectivity index (χ0v) is 20.3. The third kappa shape index (κ3) is 8.88. The molecule has 38 heavy (non-hydrogen) atoms. The highest BCUT2D eigenvalue weighted by Crippen LogP contribution is 2.36. The van der Waals surface area contributed by atoms with Gasteiger partial charge >= 0.3 is 24.3 Å². The Hall–Kier alpha value is -3.37. The molecule has 0 aromatic carbocycles. The molecule has 4 rings (SSSR count). The van der Waals surface area contributed by atoms with E-state index in [4.69, 9.17) is 24.5 Å². The normalized spacial score (nSPS) is 22.8. The Bertz CT molecular complexity index is 966. The standard InChI is InChI=1S/C17H25N5O2.2C2HF3O2/c1-21-13(17(23)18-7-11-3-4-11)5-12-8-22(9-14(12)21)15-6-16(24-2)20-10-19-15;2*3-2(4,5)1(6)7/h6,10-14H,3-5,7-9H2,1-2H3,(H,18,23);2*(H,6,7)/t12-,13?,14+;;/m1../s1. The quantitative estimate of drug-likeness (QED) is 0.457. The average molecular weight is 559 g/mol. The number of hydrogen-bond donors (Lipinski definition) is 3. The molecule has 1 aliphatic carbocycles. The number of nitrogens with zero attached hydrogens (tertiary/aromatic N) is 4. The summed E-state index contributed by atoms with van der Waals surface area (Å²) in [6, 6.07) is 2.30. The van der Waals surface area contributed by atoms with Gasteiger partial charge in [0.05, 0.1) is 13.2 Å². The first-order chi connectivity index (χ1) is 17.5. The molecule has 11 nitrogen and oxygen atoms in total. The molecule has 2 saturated heterocycles. The van der Waals surface area contributed by atoms with E-state index in [9.17, 15) is 31.1 Å². The number of nitrogens with one attached hydrogen (secondary N) is 1. The topological polar surface area (TPSA) is 145 Å². The van der Waals surface area contributed by atoms with Crippen molar-refractivity contribution in [2.75, 3.05) is 38.7 Å². The van der Waals surface area contributed by atoms with Crippen LogP contribution in [0, 0.1) is 11.8 Å². The Morgan fingerprint density at radius 1 is 1.05 bits per heavy atom. The Kier molecular flexibility index (Phi) is 10.1. The van der Waals surface area contributed by atoms with Gasteiger partial charge in [0.2, 0.25) is 11.8 Å². The Morgan fingerprint density at radius 2 is 1.61 bits per heavy atom. The molecule has 1 saturated carbocycles. The summed E-state index contributed by atoms with van der Waals surface area (Å²) in [5.41, 5.74) is 0. The Morgan fingerprint density at radius 3 is 2.05 bits per heavy atom. The minimum Gasteiger partial charge on any atom is -0.481 e. The van der Waals surface area contributed by atoms with E-state index < -0.39 is 24.3 Å². The summed E-state index contributed by atoms with van der Waals surface area (Å²) in [7, 11) is 3.69. The smallest absolute Gasteiger partial charge is 0.481 e. The Labute approximate surface area is 212 Å². The number of aliphatic carboxylic acids is 2. The van der Waals surface area contributed by atoms with Gasteiger partial charge in [-0.25, -0.2) is 19.6 Å². The maximum atomic E-state index is 12.5. The van der Waals surface area contributed by atoms with Gasteiger partial charge in [-0.3, -0.25) is 9.69 Å². The van der Waals surface area contributed by atoms with Crippen LogP contribution in [-0.4, -0.2) is 101 Å². The van der Waals surface area contributed by atoms with Gasteiger partial charge in [0, 0.05) is 31.7 Å². The maximum Gasteiger partial charge on any atom is 0.490 e. The fourth-order valence-corrected chi connectivity index (χ4v) is 4.01. The van der Waals surface area contributed by atoms with Gasteiger partial charge in [0.25, 0.3) is 0 Å². The van der Waals surface area contributed by atoms with Gasteiger partial charge in [-0.05, 0) is 38.1 Å². The number of carboxylic acids is 2. The largest absolute Gasteiger partial charge is 0.490 e. The molecule has 3 aliphatic rings. The van der Waals surface area contributed by atoms with Crippen LogP contribution in [0.25, 0.3) is 0 Å². The van der Waals surface area contributed by atoms with Gasteiger partial charge in [-0.2, -0.15) is 26.3 Å². The van der Waals surface area contributed by atoms with Crippen LogP contribution < -0.4 is 15.0 Å². The predicted molar refractivity (Wildman–Crippen MR) is 117 cm³/mol. The molecule has 0 radical (unpaired) electrons. The molecule has 17 heteroatoms. The highest BCUT2D eigenvalue weighted by Gasteiger charge is 2.47. The van der Waals surface area contributed by atoms with E-state index in [0.29, 0.717) is 17.8 Å². The second-order valence-corrected chi connectivity index (χ2v) is 8.86. The molecule has 1 aromatic heterocycles. The fraction of sp³-hybridized carbons (Fsp3) is 0.667. The number of carbonyl (C=O) groups excluding carboxylic acids is 1. The molecule has 1 unspecified atom stereocenters. The van der Waals surface area contributed by atoms with Crippen molar-refractivity contribution in [2.45, 2.75) is 43.7 Å². The number of ether oxygens (including phenoxy) is 1. The van der Waals surface area contributed by atoms with E-state index in [2.05, 4.69) is 32.1 Å². The van der Waals surface area contributed by atoms with Crippen molar-refractivity contribution in [1.82, 2.24) is 20.2 Å². The van der Waals surface area contributed by atoms with Crippen molar-refractivity contribution < 1.29 is 55.7 Å². The molecule has 1 aromatic rings. The predicted octanol–water partition coefficient (Wildman–Crippen LogP) is 1.79. The number of likely N-dealkylation sites (tertiary alicyclic amines) is 1. The number of halogens is 6. The van der Waals surface area contributed by atoms with Crippen LogP contribution in [0.5, 0.6) is 5.88 Å². The summed E-state index contributed by atoms with van der Waals surface area (Å²) in [4.78, 5) is 43.2. The van der Waals surface area contributed by atoms with Crippen LogP contribution in [0.4, 0.5) is 32.2 Å². The molecule has 0 bridgehead atoms. The van der Waals surface area contributed by atoms with Crippen LogP contribution >= 0.6 is 0 Å². The van der Waals surface area contributed by atoms with E-state index in [-0.39, 0.29) is 11.9 Å². The first kappa shape index (κ1) is 30.9. The molecule has 2 aliphatic heterocycles. The van der Waals surface area contributed by atoms with Gasteiger partial charge in [-0.1, -0.05) is 0 Å².